The first-order chi connectivity index (χ1) is 5.24. The molecule has 1 unspecified atom stereocenters. The summed E-state index contributed by atoms with van der Waals surface area (Å²) in [7, 11) is 1.34. The van der Waals surface area contributed by atoms with E-state index in [-0.39, 0.29) is 12.1 Å². The van der Waals surface area contributed by atoms with Crippen LogP contribution in [0.3, 0.4) is 0 Å². The molecule has 60 valence electrons. The molecule has 0 saturated heterocycles. The van der Waals surface area contributed by atoms with Gasteiger partial charge < -0.3 is 15.8 Å². The molecule has 0 radical (unpaired) electrons. The summed E-state index contributed by atoms with van der Waals surface area (Å²) in [5.74, 6) is -0.363. The summed E-state index contributed by atoms with van der Waals surface area (Å²) >= 11 is 0. The van der Waals surface area contributed by atoms with Gasteiger partial charge in [0.25, 0.3) is 0 Å². The van der Waals surface area contributed by atoms with Crippen LogP contribution in [-0.4, -0.2) is 19.2 Å². The number of methoxy groups -OCH3 is 1. The van der Waals surface area contributed by atoms with Crippen LogP contribution in [0.2, 0.25) is 0 Å². The van der Waals surface area contributed by atoms with Gasteiger partial charge in [-0.3, -0.25) is 0 Å². The standard InChI is InChI=1S/C7H10N2O2/c1-11-7(10)5-2-3-9-6(8)4-5/h2-4,6,9H,8H2,1H3. The van der Waals surface area contributed by atoms with Crippen molar-refractivity contribution in [3.63, 3.8) is 0 Å². The van der Waals surface area contributed by atoms with Crippen LogP contribution >= 0.6 is 0 Å². The Hall–Kier alpha value is -1.29. The second-order valence-corrected chi connectivity index (χ2v) is 2.14. The van der Waals surface area contributed by atoms with Crippen molar-refractivity contribution in [3.05, 3.63) is 23.9 Å². The van der Waals surface area contributed by atoms with E-state index in [0.717, 1.165) is 0 Å². The van der Waals surface area contributed by atoms with Gasteiger partial charge in [0, 0.05) is 0 Å². The molecule has 0 fully saturated rings. The molecule has 1 aliphatic heterocycles. The highest BCUT2D eigenvalue weighted by molar-refractivity contribution is 5.91. The van der Waals surface area contributed by atoms with Gasteiger partial charge in [0.05, 0.1) is 18.8 Å². The van der Waals surface area contributed by atoms with Gasteiger partial charge in [0.1, 0.15) is 0 Å². The van der Waals surface area contributed by atoms with E-state index in [1.165, 1.54) is 7.11 Å². The SMILES string of the molecule is COC(=O)C1=CC(N)NC=C1. The zero-order chi connectivity index (χ0) is 8.27. The molecule has 0 aliphatic carbocycles. The number of esters is 1. The second-order valence-electron chi connectivity index (χ2n) is 2.14. The monoisotopic (exact) mass is 154 g/mol. The Morgan fingerprint density at radius 2 is 2.55 bits per heavy atom. The van der Waals surface area contributed by atoms with Crippen molar-refractivity contribution in [2.24, 2.45) is 5.73 Å². The minimum Gasteiger partial charge on any atom is -0.465 e. The van der Waals surface area contributed by atoms with Crippen LogP contribution in [0.5, 0.6) is 0 Å². The average Bonchev–Trinajstić information content (AvgIpc) is 2.03. The van der Waals surface area contributed by atoms with Crippen LogP contribution in [-0.2, 0) is 9.53 Å². The summed E-state index contributed by atoms with van der Waals surface area (Å²) in [5.41, 5.74) is 5.96. The number of nitrogens with two attached hydrogens (primary N) is 1. The van der Waals surface area contributed by atoms with E-state index >= 15 is 0 Å². The van der Waals surface area contributed by atoms with E-state index in [4.69, 9.17) is 5.73 Å². The normalized spacial score (nSPS) is 22.0. The number of carbonyl (C=O) groups is 1. The summed E-state index contributed by atoms with van der Waals surface area (Å²) in [4.78, 5) is 10.9. The summed E-state index contributed by atoms with van der Waals surface area (Å²) in [5, 5.41) is 2.80. The molecule has 0 spiro atoms. The second kappa shape index (κ2) is 3.21. The quantitative estimate of drug-likeness (QED) is 0.499. The Labute approximate surface area is 64.7 Å². The molecule has 0 aromatic rings. The van der Waals surface area contributed by atoms with Crippen LogP contribution in [0.25, 0.3) is 0 Å². The third kappa shape index (κ3) is 1.81. The van der Waals surface area contributed by atoms with Crippen molar-refractivity contribution < 1.29 is 9.53 Å². The predicted octanol–water partition coefficient (Wildman–Crippen LogP) is -0.512. The number of dihydropyridines is 1. The Balaban J connectivity index is 2.71. The van der Waals surface area contributed by atoms with Crippen molar-refractivity contribution in [1.82, 2.24) is 5.32 Å². The fourth-order valence-corrected chi connectivity index (χ4v) is 0.800. The average molecular weight is 154 g/mol. The Kier molecular flexibility index (Phi) is 2.28. The first-order valence-electron chi connectivity index (χ1n) is 3.22. The summed E-state index contributed by atoms with van der Waals surface area (Å²) in [6.45, 7) is 0. The van der Waals surface area contributed by atoms with Gasteiger partial charge >= 0.3 is 5.97 Å². The van der Waals surface area contributed by atoms with E-state index in [9.17, 15) is 4.79 Å². The lowest BCUT2D eigenvalue weighted by atomic mass is 10.2. The third-order valence-electron chi connectivity index (χ3n) is 1.33. The van der Waals surface area contributed by atoms with Gasteiger partial charge in [-0.05, 0) is 18.4 Å². The number of rotatable bonds is 1. The van der Waals surface area contributed by atoms with Gasteiger partial charge in [0.2, 0.25) is 0 Å². The third-order valence-corrected chi connectivity index (χ3v) is 1.33. The summed E-state index contributed by atoms with van der Waals surface area (Å²) in [6, 6.07) is 0. The first-order valence-corrected chi connectivity index (χ1v) is 3.22. The molecule has 11 heavy (non-hydrogen) atoms. The zero-order valence-corrected chi connectivity index (χ0v) is 6.20. The number of nitrogens with one attached hydrogen (secondary N) is 1. The zero-order valence-electron chi connectivity index (χ0n) is 6.20. The van der Waals surface area contributed by atoms with E-state index in [1.807, 2.05) is 0 Å². The van der Waals surface area contributed by atoms with Crippen molar-refractivity contribution in [2.45, 2.75) is 6.17 Å². The maximum absolute atomic E-state index is 10.9. The minimum atomic E-state index is -0.363. The maximum Gasteiger partial charge on any atom is 0.337 e. The summed E-state index contributed by atoms with van der Waals surface area (Å²) < 4.78 is 4.50. The van der Waals surface area contributed by atoms with E-state index in [2.05, 4.69) is 10.1 Å². The molecule has 1 atom stereocenters. The molecule has 4 nitrogen and oxygen atoms in total. The van der Waals surface area contributed by atoms with Gasteiger partial charge in [0.15, 0.2) is 0 Å². The molecule has 0 aromatic heterocycles. The lowest BCUT2D eigenvalue weighted by Gasteiger charge is -2.12. The highest BCUT2D eigenvalue weighted by atomic mass is 16.5. The molecule has 4 heteroatoms. The largest absolute Gasteiger partial charge is 0.465 e. The van der Waals surface area contributed by atoms with Crippen LogP contribution < -0.4 is 11.1 Å². The minimum absolute atomic E-state index is 0.297. The molecule has 1 heterocycles. The smallest absolute Gasteiger partial charge is 0.337 e. The Morgan fingerprint density at radius 3 is 3.09 bits per heavy atom. The lowest BCUT2D eigenvalue weighted by Crippen LogP contribution is -2.34. The number of hydrogen-bond donors (Lipinski definition) is 2. The molecule has 0 amide bonds. The highest BCUT2D eigenvalue weighted by Gasteiger charge is 2.10. The fourth-order valence-electron chi connectivity index (χ4n) is 0.800. The number of carbonyl (C=O) groups excluding carboxylic acids is 1. The Morgan fingerprint density at radius 1 is 1.82 bits per heavy atom. The van der Waals surface area contributed by atoms with Gasteiger partial charge in [-0.25, -0.2) is 4.79 Å². The molecule has 1 aliphatic rings. The molecular formula is C7H10N2O2. The molecule has 0 saturated carbocycles. The molecule has 0 aromatic carbocycles. The van der Waals surface area contributed by atoms with Crippen LogP contribution in [0, 0.1) is 0 Å². The van der Waals surface area contributed by atoms with Gasteiger partial charge in [-0.2, -0.15) is 0 Å². The van der Waals surface area contributed by atoms with Crippen molar-refractivity contribution in [1.29, 1.82) is 0 Å². The molecular weight excluding hydrogens is 144 g/mol. The van der Waals surface area contributed by atoms with E-state index in [0.29, 0.717) is 5.57 Å². The van der Waals surface area contributed by atoms with Gasteiger partial charge in [-0.1, -0.05) is 0 Å². The van der Waals surface area contributed by atoms with E-state index < -0.39 is 0 Å². The van der Waals surface area contributed by atoms with Crippen LogP contribution in [0.4, 0.5) is 0 Å². The molecule has 1 rings (SSSR count). The van der Waals surface area contributed by atoms with Crippen molar-refractivity contribution in [3.8, 4) is 0 Å². The first kappa shape index (κ1) is 7.81. The topological polar surface area (TPSA) is 64.3 Å². The number of ether oxygens (including phenoxy) is 1. The molecule has 0 bridgehead atoms. The Bertz CT molecular complexity index is 220. The highest BCUT2D eigenvalue weighted by Crippen LogP contribution is 2.03. The molecule has 3 N–H and O–H groups in total. The summed E-state index contributed by atoms with van der Waals surface area (Å²) in [6.07, 6.45) is 4.55. The fraction of sp³-hybridized carbons (Fsp3) is 0.286. The predicted molar refractivity (Wildman–Crippen MR) is 40.4 cm³/mol. The van der Waals surface area contributed by atoms with Crippen LogP contribution in [0.1, 0.15) is 0 Å². The lowest BCUT2D eigenvalue weighted by molar-refractivity contribution is -0.135. The van der Waals surface area contributed by atoms with Crippen molar-refractivity contribution in [2.75, 3.05) is 7.11 Å². The number of hydrogen-bond acceptors (Lipinski definition) is 4. The van der Waals surface area contributed by atoms with E-state index in [1.54, 1.807) is 18.4 Å². The van der Waals surface area contributed by atoms with Crippen molar-refractivity contribution >= 4 is 5.97 Å². The van der Waals surface area contributed by atoms with Gasteiger partial charge in [-0.15, -0.1) is 0 Å². The van der Waals surface area contributed by atoms with Crippen LogP contribution in [0.15, 0.2) is 23.9 Å². The maximum atomic E-state index is 10.9.